The molecule has 2 aliphatic carbocycles. The highest BCUT2D eigenvalue weighted by molar-refractivity contribution is 6.20. The first-order valence-electron chi connectivity index (χ1n) is 21.9. The fourth-order valence-electron chi connectivity index (χ4n) is 9.29. The largest absolute Gasteiger partial charge is 0.444 e. The van der Waals surface area contributed by atoms with Crippen LogP contribution in [0.3, 0.4) is 0 Å². The molecule has 3 atom stereocenters. The molecule has 2 aromatic heterocycles. The Kier molecular flexibility index (Phi) is 12.9. The third-order valence-corrected chi connectivity index (χ3v) is 12.6. The zero-order valence-corrected chi connectivity index (χ0v) is 36.9. The minimum absolute atomic E-state index is 0.00363. The molecule has 62 heavy (non-hydrogen) atoms. The van der Waals surface area contributed by atoms with Gasteiger partial charge in [-0.3, -0.25) is 14.4 Å². The fourth-order valence-corrected chi connectivity index (χ4v) is 9.29. The summed E-state index contributed by atoms with van der Waals surface area (Å²) in [5, 5.41) is 16.2. The van der Waals surface area contributed by atoms with Crippen molar-refractivity contribution in [1.82, 2.24) is 25.5 Å². The number of anilines is 2. The number of amides is 3. The van der Waals surface area contributed by atoms with Crippen molar-refractivity contribution in [1.29, 1.82) is 5.26 Å². The predicted octanol–water partition coefficient (Wildman–Crippen LogP) is 6.32. The second kappa shape index (κ2) is 18.2. The van der Waals surface area contributed by atoms with Gasteiger partial charge in [-0.1, -0.05) is 32.9 Å². The normalized spacial score (nSPS) is 18.8. The number of H-pyrrole nitrogens is 1. The molecule has 1 saturated heterocycles. The van der Waals surface area contributed by atoms with E-state index >= 15 is 0 Å². The van der Waals surface area contributed by atoms with Crippen LogP contribution in [0, 0.1) is 17.2 Å². The van der Waals surface area contributed by atoms with Crippen LogP contribution in [0.1, 0.15) is 118 Å². The van der Waals surface area contributed by atoms with E-state index in [0.717, 1.165) is 64.7 Å². The van der Waals surface area contributed by atoms with Crippen molar-refractivity contribution in [3.05, 3.63) is 87.7 Å². The van der Waals surface area contributed by atoms with E-state index in [1.165, 1.54) is 0 Å². The van der Waals surface area contributed by atoms with Crippen molar-refractivity contribution in [3.63, 3.8) is 0 Å². The van der Waals surface area contributed by atoms with Crippen LogP contribution in [0.2, 0.25) is 0 Å². The lowest BCUT2D eigenvalue weighted by atomic mass is 9.70. The first kappa shape index (κ1) is 44.1. The number of carbonyl (C=O) groups excluding carboxylic acids is 4. The molecule has 3 amide bonds. The molecule has 3 heterocycles. The zero-order valence-electron chi connectivity index (χ0n) is 36.9. The number of piperazine rings is 1. The van der Waals surface area contributed by atoms with E-state index in [1.807, 2.05) is 23.1 Å². The number of aryl methyl sites for hydroxylation is 2. The Morgan fingerprint density at radius 1 is 1.08 bits per heavy atom. The van der Waals surface area contributed by atoms with Crippen LogP contribution in [0.25, 0.3) is 10.9 Å². The number of nitrogens with one attached hydrogen (secondary N) is 3. The minimum atomic E-state index is -0.776. The van der Waals surface area contributed by atoms with Gasteiger partial charge in [-0.05, 0) is 119 Å². The number of nitrogen functional groups attached to an aromatic ring is 1. The van der Waals surface area contributed by atoms with Gasteiger partial charge in [0.15, 0.2) is 5.78 Å². The molecule has 7 rings (SSSR count). The highest BCUT2D eigenvalue weighted by Crippen LogP contribution is 2.46. The van der Waals surface area contributed by atoms with E-state index in [9.17, 15) is 24.4 Å². The monoisotopic (exact) mass is 844 g/mol. The predicted molar refractivity (Wildman–Crippen MR) is 238 cm³/mol. The summed E-state index contributed by atoms with van der Waals surface area (Å²) in [5.41, 5.74) is 12.5. The number of benzene rings is 2. The first-order chi connectivity index (χ1) is 29.6. The number of pyridine rings is 1. The van der Waals surface area contributed by atoms with Crippen LogP contribution >= 0.6 is 0 Å². The molecule has 1 aliphatic heterocycles. The molecule has 0 bridgehead atoms. The van der Waals surface area contributed by atoms with Crippen LogP contribution in [-0.4, -0.2) is 95.6 Å². The standard InChI is InChI=1S/C48H60N8O6/c1-7-31-24-35-36(48(5,6)43-41(42(35)58)34-16-14-29(26-49)23-38(34)53-43)25-39(31)55-18-20-56(21-19-55)40(57)28-61-27-30-13-15-33(22-30)52-45(59)37(54-46(60)62-47(2,3)4)12-8-10-32-11-9-17-51-44(32)50/h9,11,14,16-17,23-25,30,33,37,53H,7-8,10,12-13,15,18-22,27-28H2,1-6H3,(H2,50,51)(H,52,59)(H,54,60)/t30-,33+,37-/m0/s1. The number of aromatic nitrogens is 2. The number of fused-ring (bicyclic) bond motifs is 4. The number of hydrogen-bond acceptors (Lipinski definition) is 10. The maximum Gasteiger partial charge on any atom is 0.408 e. The zero-order chi connectivity index (χ0) is 44.3. The van der Waals surface area contributed by atoms with Crippen LogP contribution < -0.4 is 21.3 Å². The lowest BCUT2D eigenvalue weighted by Crippen LogP contribution is -2.50. The lowest BCUT2D eigenvalue weighted by Gasteiger charge is -2.39. The summed E-state index contributed by atoms with van der Waals surface area (Å²) in [6.45, 7) is 14.6. The average Bonchev–Trinajstić information content (AvgIpc) is 3.86. The number of nitrogens with two attached hydrogens (primary N) is 1. The van der Waals surface area contributed by atoms with E-state index in [4.69, 9.17) is 15.2 Å². The molecular formula is C48H60N8O6. The van der Waals surface area contributed by atoms with Gasteiger partial charge < -0.3 is 40.6 Å². The number of alkyl carbamates (subject to hydrolysis) is 1. The molecular weight excluding hydrogens is 785 g/mol. The summed E-state index contributed by atoms with van der Waals surface area (Å²) in [4.78, 5) is 65.5. The number of rotatable bonds is 13. The molecule has 2 fully saturated rings. The maximum absolute atomic E-state index is 14.1. The van der Waals surface area contributed by atoms with Crippen LogP contribution in [0.15, 0.2) is 48.7 Å². The SMILES string of the molecule is CCc1cc2c(cc1N1CCN(C(=O)COC[C@H]3CC[C@@H](NC(=O)[C@H](CCCc4cccnc4N)NC(=O)OC(C)(C)C)C3)CC1)C(C)(C)c1[nH]c3cc(C#N)ccc3c1C2=O. The van der Waals surface area contributed by atoms with E-state index < -0.39 is 23.2 Å². The van der Waals surface area contributed by atoms with E-state index in [-0.39, 0.29) is 36.2 Å². The molecule has 3 aliphatic rings. The van der Waals surface area contributed by atoms with Crippen molar-refractivity contribution in [2.75, 3.05) is 50.0 Å². The van der Waals surface area contributed by atoms with Gasteiger partial charge >= 0.3 is 6.09 Å². The summed E-state index contributed by atoms with van der Waals surface area (Å²) < 4.78 is 11.4. The Bertz CT molecular complexity index is 2380. The second-order valence-electron chi connectivity index (χ2n) is 18.5. The van der Waals surface area contributed by atoms with Gasteiger partial charge in [-0.25, -0.2) is 9.78 Å². The molecule has 328 valence electrons. The molecule has 1 saturated carbocycles. The van der Waals surface area contributed by atoms with Crippen molar-refractivity contribution in [3.8, 4) is 6.07 Å². The van der Waals surface area contributed by atoms with Crippen LogP contribution in [0.5, 0.6) is 0 Å². The van der Waals surface area contributed by atoms with E-state index in [2.05, 4.69) is 64.5 Å². The third kappa shape index (κ3) is 9.58. The number of aromatic amines is 1. The number of ether oxygens (including phenoxy) is 2. The smallest absolute Gasteiger partial charge is 0.408 e. The summed E-state index contributed by atoms with van der Waals surface area (Å²) in [5.74, 6) is 0.345. The van der Waals surface area contributed by atoms with Crippen LogP contribution in [-0.2, 0) is 37.3 Å². The number of nitriles is 1. The van der Waals surface area contributed by atoms with Gasteiger partial charge in [-0.2, -0.15) is 5.26 Å². The number of hydrogen-bond donors (Lipinski definition) is 4. The van der Waals surface area contributed by atoms with Crippen LogP contribution in [0.4, 0.5) is 16.3 Å². The van der Waals surface area contributed by atoms with E-state index in [1.54, 1.807) is 39.1 Å². The number of nitrogens with zero attached hydrogens (tertiary/aromatic N) is 4. The highest BCUT2D eigenvalue weighted by Gasteiger charge is 2.41. The summed E-state index contributed by atoms with van der Waals surface area (Å²) in [7, 11) is 0. The molecule has 14 heteroatoms. The highest BCUT2D eigenvalue weighted by atomic mass is 16.6. The maximum atomic E-state index is 14.1. The van der Waals surface area contributed by atoms with Crippen molar-refractivity contribution in [2.24, 2.45) is 5.92 Å². The molecule has 0 unspecified atom stereocenters. The Hall–Kier alpha value is -5.94. The number of ketones is 1. The Morgan fingerprint density at radius 3 is 2.56 bits per heavy atom. The van der Waals surface area contributed by atoms with Crippen molar-refractivity contribution < 1.29 is 28.7 Å². The molecule has 0 spiro atoms. The summed E-state index contributed by atoms with van der Waals surface area (Å²) in [6.07, 6.45) is 5.74. The Balaban J connectivity index is 0.895. The van der Waals surface area contributed by atoms with Gasteiger partial charge in [-0.15, -0.1) is 0 Å². The van der Waals surface area contributed by atoms with Crippen molar-refractivity contribution in [2.45, 2.75) is 110 Å². The lowest BCUT2D eigenvalue weighted by molar-refractivity contribution is -0.136. The average molecular weight is 845 g/mol. The number of carbonyl (C=O) groups is 4. The van der Waals surface area contributed by atoms with Gasteiger partial charge in [0.05, 0.1) is 23.8 Å². The first-order valence-corrected chi connectivity index (χ1v) is 21.9. The molecule has 14 nitrogen and oxygen atoms in total. The fraction of sp³-hybridized carbons (Fsp3) is 0.500. The minimum Gasteiger partial charge on any atom is -0.444 e. The van der Waals surface area contributed by atoms with Crippen molar-refractivity contribution >= 4 is 46.1 Å². The van der Waals surface area contributed by atoms with E-state index in [0.29, 0.717) is 74.6 Å². The van der Waals surface area contributed by atoms with Gasteiger partial charge in [0.25, 0.3) is 0 Å². The Morgan fingerprint density at radius 2 is 1.85 bits per heavy atom. The second-order valence-corrected chi connectivity index (χ2v) is 18.5. The van der Waals surface area contributed by atoms with Gasteiger partial charge in [0.2, 0.25) is 11.8 Å². The Labute approximate surface area is 363 Å². The quantitative estimate of drug-likeness (QED) is 0.118. The molecule has 4 aromatic rings. The third-order valence-electron chi connectivity index (χ3n) is 12.6. The summed E-state index contributed by atoms with van der Waals surface area (Å²) in [6, 6.07) is 14.8. The molecule has 2 aromatic carbocycles. The summed E-state index contributed by atoms with van der Waals surface area (Å²) >= 11 is 0. The topological polar surface area (TPSA) is 196 Å². The van der Waals surface area contributed by atoms with Gasteiger partial charge in [0.1, 0.15) is 24.1 Å². The molecule has 5 N–H and O–H groups in total. The van der Waals surface area contributed by atoms with Gasteiger partial charge in [0, 0.05) is 71.7 Å². The molecule has 0 radical (unpaired) electrons.